The zero-order valence-electron chi connectivity index (χ0n) is 16.6. The fourth-order valence-corrected chi connectivity index (χ4v) is 4.89. The number of carbonyl (C=O) groups is 2. The van der Waals surface area contributed by atoms with Gasteiger partial charge in [-0.3, -0.25) is 9.59 Å². The SMILES string of the molecule is N#Cc1ccc(-c2ccc([C@H]3[C@H](CO)N4C(=O)CN(C(=O)C5CC5)C[C@@H]34)cc2)cc1. The highest BCUT2D eigenvalue weighted by molar-refractivity contribution is 5.89. The Hall–Kier alpha value is -3.17. The first-order valence-corrected chi connectivity index (χ1v) is 10.4. The molecule has 152 valence electrons. The second-order valence-corrected chi connectivity index (χ2v) is 8.45. The van der Waals surface area contributed by atoms with E-state index in [1.807, 2.05) is 36.4 Å². The summed E-state index contributed by atoms with van der Waals surface area (Å²) in [6.45, 7) is 0.590. The third-order valence-electron chi connectivity index (χ3n) is 6.63. The molecule has 30 heavy (non-hydrogen) atoms. The molecule has 1 N–H and O–H groups in total. The quantitative estimate of drug-likeness (QED) is 0.851. The van der Waals surface area contributed by atoms with Gasteiger partial charge in [-0.1, -0.05) is 36.4 Å². The first-order chi connectivity index (χ1) is 14.6. The molecule has 0 spiro atoms. The minimum Gasteiger partial charge on any atom is -0.394 e. The average Bonchev–Trinajstić information content (AvgIpc) is 3.60. The largest absolute Gasteiger partial charge is 0.394 e. The van der Waals surface area contributed by atoms with Crippen molar-refractivity contribution >= 4 is 11.8 Å². The van der Waals surface area contributed by atoms with Crippen molar-refractivity contribution < 1.29 is 14.7 Å². The summed E-state index contributed by atoms with van der Waals surface area (Å²) in [5.41, 5.74) is 3.78. The van der Waals surface area contributed by atoms with Crippen LogP contribution in [0, 0.1) is 17.2 Å². The predicted octanol–water partition coefficient (Wildman–Crippen LogP) is 2.13. The lowest BCUT2D eigenvalue weighted by molar-refractivity contribution is -0.167. The van der Waals surface area contributed by atoms with E-state index in [1.54, 1.807) is 21.9 Å². The van der Waals surface area contributed by atoms with Crippen LogP contribution in [0.4, 0.5) is 0 Å². The van der Waals surface area contributed by atoms with Gasteiger partial charge in [-0.15, -0.1) is 0 Å². The molecule has 0 radical (unpaired) electrons. The molecule has 3 atom stereocenters. The number of carbonyl (C=O) groups excluding carboxylic acids is 2. The van der Waals surface area contributed by atoms with Crippen LogP contribution in [0.2, 0.25) is 0 Å². The molecular formula is C24H23N3O3. The van der Waals surface area contributed by atoms with Crippen molar-refractivity contribution in [3.8, 4) is 17.2 Å². The topological polar surface area (TPSA) is 84.6 Å². The summed E-state index contributed by atoms with van der Waals surface area (Å²) in [7, 11) is 0. The predicted molar refractivity (Wildman–Crippen MR) is 110 cm³/mol. The number of fused-ring (bicyclic) bond motifs is 1. The second kappa shape index (κ2) is 7.26. The Labute approximate surface area is 175 Å². The van der Waals surface area contributed by atoms with E-state index in [1.165, 1.54) is 0 Å². The van der Waals surface area contributed by atoms with Crippen LogP contribution < -0.4 is 0 Å². The maximum atomic E-state index is 12.6. The molecule has 2 aromatic rings. The van der Waals surface area contributed by atoms with Gasteiger partial charge in [0.2, 0.25) is 11.8 Å². The first-order valence-electron chi connectivity index (χ1n) is 10.4. The van der Waals surface area contributed by atoms with Crippen LogP contribution >= 0.6 is 0 Å². The van der Waals surface area contributed by atoms with Gasteiger partial charge in [-0.05, 0) is 41.7 Å². The highest BCUT2D eigenvalue weighted by Crippen LogP contribution is 2.44. The van der Waals surface area contributed by atoms with E-state index < -0.39 is 0 Å². The van der Waals surface area contributed by atoms with Crippen LogP contribution in [0.15, 0.2) is 48.5 Å². The summed E-state index contributed by atoms with van der Waals surface area (Å²) in [5.74, 6) is 0.155. The molecule has 0 bridgehead atoms. The first kappa shape index (κ1) is 18.8. The van der Waals surface area contributed by atoms with Crippen molar-refractivity contribution in [2.24, 2.45) is 5.92 Å². The Balaban J connectivity index is 1.37. The van der Waals surface area contributed by atoms with Gasteiger partial charge >= 0.3 is 0 Å². The summed E-state index contributed by atoms with van der Waals surface area (Å²) in [4.78, 5) is 28.6. The number of piperazine rings is 1. The molecule has 1 saturated carbocycles. The van der Waals surface area contributed by atoms with Gasteiger partial charge in [0, 0.05) is 18.4 Å². The van der Waals surface area contributed by atoms with Crippen LogP contribution in [0.25, 0.3) is 11.1 Å². The Morgan fingerprint density at radius 1 is 1.07 bits per heavy atom. The number of hydrogen-bond acceptors (Lipinski definition) is 4. The van der Waals surface area contributed by atoms with E-state index in [-0.39, 0.29) is 48.9 Å². The summed E-state index contributed by atoms with van der Waals surface area (Å²) < 4.78 is 0. The highest BCUT2D eigenvalue weighted by atomic mass is 16.3. The molecule has 0 aromatic heterocycles. The van der Waals surface area contributed by atoms with Gasteiger partial charge < -0.3 is 14.9 Å². The number of nitriles is 1. The third kappa shape index (κ3) is 3.06. The Kier molecular flexibility index (Phi) is 4.56. The maximum Gasteiger partial charge on any atom is 0.242 e. The standard InChI is InChI=1S/C24H23N3O3/c25-11-15-1-3-16(4-2-15)17-5-7-18(8-6-17)23-20-12-26(24(30)19-9-10-19)13-22(29)27(20)21(23)14-28/h1-8,19-21,23,28H,9-10,12-14H2/t20-,21-,23+/m0/s1. The molecular weight excluding hydrogens is 378 g/mol. The lowest BCUT2D eigenvalue weighted by Gasteiger charge is -2.58. The maximum absolute atomic E-state index is 12.6. The van der Waals surface area contributed by atoms with Crippen LogP contribution in [-0.4, -0.2) is 58.5 Å². The average molecular weight is 401 g/mol. The molecule has 3 fully saturated rings. The van der Waals surface area contributed by atoms with Crippen molar-refractivity contribution in [3.63, 3.8) is 0 Å². The van der Waals surface area contributed by atoms with Crippen molar-refractivity contribution in [1.82, 2.24) is 9.80 Å². The van der Waals surface area contributed by atoms with E-state index in [0.29, 0.717) is 12.1 Å². The van der Waals surface area contributed by atoms with Crippen LogP contribution in [0.5, 0.6) is 0 Å². The third-order valence-corrected chi connectivity index (χ3v) is 6.63. The van der Waals surface area contributed by atoms with Gasteiger partial charge in [0.15, 0.2) is 0 Å². The van der Waals surface area contributed by atoms with Gasteiger partial charge in [0.1, 0.15) is 0 Å². The van der Waals surface area contributed by atoms with Crippen molar-refractivity contribution in [2.75, 3.05) is 19.7 Å². The lowest BCUT2D eigenvalue weighted by atomic mass is 9.73. The summed E-state index contributed by atoms with van der Waals surface area (Å²) in [6.07, 6.45) is 1.86. The Bertz CT molecular complexity index is 1020. The number of hydrogen-bond donors (Lipinski definition) is 1. The van der Waals surface area contributed by atoms with Crippen LogP contribution in [0.1, 0.15) is 29.9 Å². The molecule has 2 saturated heterocycles. The van der Waals surface area contributed by atoms with Crippen LogP contribution in [0.3, 0.4) is 0 Å². The molecule has 2 aliphatic heterocycles. The fourth-order valence-electron chi connectivity index (χ4n) is 4.89. The van der Waals surface area contributed by atoms with Gasteiger partial charge in [-0.2, -0.15) is 5.26 Å². The van der Waals surface area contributed by atoms with Crippen molar-refractivity contribution in [3.05, 3.63) is 59.7 Å². The molecule has 2 heterocycles. The highest BCUT2D eigenvalue weighted by Gasteiger charge is 2.55. The zero-order chi connectivity index (χ0) is 20.8. The number of benzene rings is 2. The molecule has 6 heteroatoms. The Morgan fingerprint density at radius 2 is 1.70 bits per heavy atom. The number of nitrogens with zero attached hydrogens (tertiary/aromatic N) is 3. The molecule has 2 aromatic carbocycles. The molecule has 2 amide bonds. The summed E-state index contributed by atoms with van der Waals surface area (Å²) in [5, 5.41) is 18.9. The molecule has 0 unspecified atom stereocenters. The normalized spacial score (nSPS) is 25.3. The van der Waals surface area contributed by atoms with Crippen LogP contribution in [-0.2, 0) is 9.59 Å². The van der Waals surface area contributed by atoms with Crippen molar-refractivity contribution in [2.45, 2.75) is 30.8 Å². The van der Waals surface area contributed by atoms with Crippen molar-refractivity contribution in [1.29, 1.82) is 5.26 Å². The summed E-state index contributed by atoms with van der Waals surface area (Å²) in [6, 6.07) is 17.4. The number of amides is 2. The summed E-state index contributed by atoms with van der Waals surface area (Å²) >= 11 is 0. The molecule has 3 aliphatic rings. The van der Waals surface area contributed by atoms with E-state index in [4.69, 9.17) is 5.26 Å². The zero-order valence-corrected chi connectivity index (χ0v) is 16.6. The lowest BCUT2D eigenvalue weighted by Crippen LogP contribution is -2.73. The number of aliphatic hydroxyl groups excluding tert-OH is 1. The van der Waals surface area contributed by atoms with Gasteiger partial charge in [-0.25, -0.2) is 0 Å². The second-order valence-electron chi connectivity index (χ2n) is 8.45. The number of rotatable bonds is 4. The van der Waals surface area contributed by atoms with E-state index in [9.17, 15) is 14.7 Å². The minimum absolute atomic E-state index is 0.0174. The molecule has 1 aliphatic carbocycles. The van der Waals surface area contributed by atoms with E-state index >= 15 is 0 Å². The van der Waals surface area contributed by atoms with Gasteiger partial charge in [0.05, 0.1) is 36.9 Å². The van der Waals surface area contributed by atoms with E-state index in [2.05, 4.69) is 6.07 Å². The minimum atomic E-state index is -0.235. The molecule has 5 rings (SSSR count). The fraction of sp³-hybridized carbons (Fsp3) is 0.375. The Morgan fingerprint density at radius 3 is 2.27 bits per heavy atom. The molecule has 6 nitrogen and oxygen atoms in total. The van der Waals surface area contributed by atoms with Gasteiger partial charge in [0.25, 0.3) is 0 Å². The van der Waals surface area contributed by atoms with E-state index in [0.717, 1.165) is 29.5 Å². The monoisotopic (exact) mass is 401 g/mol. The number of aliphatic hydroxyl groups is 1. The smallest absolute Gasteiger partial charge is 0.242 e.